The molecule has 1 aliphatic carbocycles. The first-order valence-corrected chi connectivity index (χ1v) is 10.8. The van der Waals surface area contributed by atoms with E-state index in [1.807, 2.05) is 18.2 Å². The molecule has 4 rings (SSSR count). The van der Waals surface area contributed by atoms with Crippen molar-refractivity contribution in [2.75, 3.05) is 24.5 Å². The molecule has 0 bridgehead atoms. The Morgan fingerprint density at radius 2 is 1.79 bits per heavy atom. The first-order valence-electron chi connectivity index (χ1n) is 10.8. The number of carbonyl (C=O) groups is 2. The Bertz CT molecular complexity index is 807. The molecule has 3 fully saturated rings. The van der Waals surface area contributed by atoms with Crippen LogP contribution in [0.1, 0.15) is 57.4 Å². The zero-order chi connectivity index (χ0) is 20.5. The van der Waals surface area contributed by atoms with E-state index in [9.17, 15) is 9.59 Å². The molecule has 0 unspecified atom stereocenters. The van der Waals surface area contributed by atoms with E-state index in [-0.39, 0.29) is 11.0 Å². The second kappa shape index (κ2) is 7.82. The molecule has 2 aliphatic heterocycles. The molecule has 2 N–H and O–H groups in total. The summed E-state index contributed by atoms with van der Waals surface area (Å²) >= 11 is 0. The Morgan fingerprint density at radius 1 is 1.07 bits per heavy atom. The van der Waals surface area contributed by atoms with Gasteiger partial charge in [-0.15, -0.1) is 0 Å². The normalized spacial score (nSPS) is 22.7. The SMILES string of the molecule is CC1(C(=O)N2CC3(CCCN3c3ccccc3/C=C/C(=O)NO)C2)CCCCC1. The Kier molecular flexibility index (Phi) is 5.38. The number of nitrogens with one attached hydrogen (secondary N) is 1. The van der Waals surface area contributed by atoms with Gasteiger partial charge in [-0.25, -0.2) is 5.48 Å². The number of anilines is 1. The van der Waals surface area contributed by atoms with Gasteiger partial charge < -0.3 is 9.80 Å². The first kappa shape index (κ1) is 20.0. The number of hydroxylamine groups is 1. The number of rotatable bonds is 4. The quantitative estimate of drug-likeness (QED) is 0.464. The number of likely N-dealkylation sites (tertiary alicyclic amines) is 1. The summed E-state index contributed by atoms with van der Waals surface area (Å²) in [7, 11) is 0. The van der Waals surface area contributed by atoms with E-state index in [0.717, 1.165) is 69.4 Å². The van der Waals surface area contributed by atoms with Gasteiger partial charge in [-0.05, 0) is 43.4 Å². The van der Waals surface area contributed by atoms with E-state index >= 15 is 0 Å². The minimum atomic E-state index is -0.544. The second-order valence-corrected chi connectivity index (χ2v) is 9.13. The molecule has 3 aliphatic rings. The molecule has 156 valence electrons. The van der Waals surface area contributed by atoms with Crippen molar-refractivity contribution in [3.63, 3.8) is 0 Å². The van der Waals surface area contributed by atoms with Crippen molar-refractivity contribution in [2.45, 2.75) is 57.4 Å². The largest absolute Gasteiger partial charge is 0.362 e. The van der Waals surface area contributed by atoms with Crippen LogP contribution >= 0.6 is 0 Å². The summed E-state index contributed by atoms with van der Waals surface area (Å²) < 4.78 is 0. The van der Waals surface area contributed by atoms with Crippen LogP contribution in [0, 0.1) is 5.41 Å². The lowest BCUT2D eigenvalue weighted by molar-refractivity contribution is -0.150. The summed E-state index contributed by atoms with van der Waals surface area (Å²) in [5.74, 6) is -0.209. The van der Waals surface area contributed by atoms with Crippen LogP contribution in [0.25, 0.3) is 6.08 Å². The van der Waals surface area contributed by atoms with Crippen molar-refractivity contribution in [3.8, 4) is 0 Å². The number of para-hydroxylation sites is 1. The fourth-order valence-corrected chi connectivity index (χ4v) is 5.46. The molecule has 1 saturated carbocycles. The highest BCUT2D eigenvalue weighted by Crippen LogP contribution is 2.45. The van der Waals surface area contributed by atoms with Crippen LogP contribution in [0.5, 0.6) is 0 Å². The maximum absolute atomic E-state index is 13.2. The van der Waals surface area contributed by atoms with Crippen molar-refractivity contribution in [1.82, 2.24) is 10.4 Å². The van der Waals surface area contributed by atoms with Crippen molar-refractivity contribution in [1.29, 1.82) is 0 Å². The Hall–Kier alpha value is -2.34. The minimum absolute atomic E-state index is 0.00384. The predicted molar refractivity (Wildman–Crippen MR) is 112 cm³/mol. The Labute approximate surface area is 172 Å². The third kappa shape index (κ3) is 3.66. The van der Waals surface area contributed by atoms with Crippen LogP contribution < -0.4 is 10.4 Å². The molecule has 6 heteroatoms. The molecule has 0 aromatic heterocycles. The summed E-state index contributed by atoms with van der Waals surface area (Å²) in [5.41, 5.74) is 3.49. The maximum Gasteiger partial charge on any atom is 0.267 e. The third-order valence-corrected chi connectivity index (χ3v) is 7.08. The van der Waals surface area contributed by atoms with E-state index in [0.29, 0.717) is 5.91 Å². The van der Waals surface area contributed by atoms with Gasteiger partial charge >= 0.3 is 0 Å². The van der Waals surface area contributed by atoms with Gasteiger partial charge in [-0.1, -0.05) is 44.4 Å². The fourth-order valence-electron chi connectivity index (χ4n) is 5.46. The molecule has 1 spiro atoms. The van der Waals surface area contributed by atoms with Crippen molar-refractivity contribution in [3.05, 3.63) is 35.9 Å². The van der Waals surface area contributed by atoms with Gasteiger partial charge in [-0.3, -0.25) is 14.8 Å². The van der Waals surface area contributed by atoms with E-state index < -0.39 is 5.91 Å². The summed E-state index contributed by atoms with van der Waals surface area (Å²) in [5, 5.41) is 8.73. The fraction of sp³-hybridized carbons (Fsp3) is 0.565. The molecule has 6 nitrogen and oxygen atoms in total. The molecule has 0 radical (unpaired) electrons. The average Bonchev–Trinajstić information content (AvgIpc) is 3.16. The third-order valence-electron chi connectivity index (χ3n) is 7.08. The average molecular weight is 398 g/mol. The van der Waals surface area contributed by atoms with Gasteiger partial charge in [0.1, 0.15) is 0 Å². The van der Waals surface area contributed by atoms with Gasteiger partial charge in [0.2, 0.25) is 5.91 Å². The van der Waals surface area contributed by atoms with Crippen molar-refractivity contribution >= 4 is 23.6 Å². The summed E-state index contributed by atoms with van der Waals surface area (Å²) in [6.45, 7) is 4.68. The number of hydrogen-bond acceptors (Lipinski definition) is 4. The maximum atomic E-state index is 13.2. The number of hydrogen-bond donors (Lipinski definition) is 2. The number of carbonyl (C=O) groups excluding carboxylic acids is 2. The van der Waals surface area contributed by atoms with Crippen LogP contribution in [-0.2, 0) is 9.59 Å². The summed E-state index contributed by atoms with van der Waals surface area (Å²) in [4.78, 5) is 29.1. The molecule has 2 heterocycles. The highest BCUT2D eigenvalue weighted by Gasteiger charge is 2.54. The first-order chi connectivity index (χ1) is 14.0. The highest BCUT2D eigenvalue weighted by molar-refractivity contribution is 5.92. The molecular weight excluding hydrogens is 366 g/mol. The number of benzene rings is 1. The molecule has 2 amide bonds. The van der Waals surface area contributed by atoms with Gasteiger partial charge in [-0.2, -0.15) is 0 Å². The van der Waals surface area contributed by atoms with Crippen LogP contribution in [0.4, 0.5) is 5.69 Å². The van der Waals surface area contributed by atoms with Crippen LogP contribution in [0.3, 0.4) is 0 Å². The predicted octanol–water partition coefficient (Wildman–Crippen LogP) is 3.36. The van der Waals surface area contributed by atoms with E-state index in [1.54, 1.807) is 11.6 Å². The lowest BCUT2D eigenvalue weighted by Gasteiger charge is -2.55. The zero-order valence-corrected chi connectivity index (χ0v) is 17.2. The summed E-state index contributed by atoms with van der Waals surface area (Å²) in [6, 6.07) is 8.02. The van der Waals surface area contributed by atoms with Crippen LogP contribution in [0.2, 0.25) is 0 Å². The highest BCUT2D eigenvalue weighted by atomic mass is 16.5. The zero-order valence-electron chi connectivity index (χ0n) is 17.2. The molecule has 0 atom stereocenters. The number of nitrogens with zero attached hydrogens (tertiary/aromatic N) is 2. The molecule has 29 heavy (non-hydrogen) atoms. The smallest absolute Gasteiger partial charge is 0.267 e. The van der Waals surface area contributed by atoms with Gasteiger partial charge in [0.05, 0.1) is 5.54 Å². The Morgan fingerprint density at radius 3 is 2.52 bits per heavy atom. The van der Waals surface area contributed by atoms with E-state index in [2.05, 4.69) is 22.8 Å². The summed E-state index contributed by atoms with van der Waals surface area (Å²) in [6.07, 6.45) is 10.9. The van der Waals surface area contributed by atoms with Crippen LogP contribution in [-0.4, -0.2) is 47.1 Å². The Balaban J connectivity index is 1.51. The molecule has 1 aromatic carbocycles. The van der Waals surface area contributed by atoms with Gasteiger partial charge in [0.25, 0.3) is 5.91 Å². The monoisotopic (exact) mass is 397 g/mol. The molecule has 1 aromatic rings. The van der Waals surface area contributed by atoms with Gasteiger partial charge in [0, 0.05) is 36.8 Å². The van der Waals surface area contributed by atoms with Gasteiger partial charge in [0.15, 0.2) is 0 Å². The lowest BCUT2D eigenvalue weighted by Crippen LogP contribution is -2.70. The number of amides is 2. The topological polar surface area (TPSA) is 72.9 Å². The van der Waals surface area contributed by atoms with Crippen LogP contribution in [0.15, 0.2) is 30.3 Å². The second-order valence-electron chi connectivity index (χ2n) is 9.13. The molecule has 2 saturated heterocycles. The lowest BCUT2D eigenvalue weighted by atomic mass is 9.73. The van der Waals surface area contributed by atoms with Crippen molar-refractivity contribution < 1.29 is 14.8 Å². The molecular formula is C23H31N3O3. The van der Waals surface area contributed by atoms with E-state index in [4.69, 9.17) is 5.21 Å². The van der Waals surface area contributed by atoms with Crippen molar-refractivity contribution in [2.24, 2.45) is 5.41 Å². The minimum Gasteiger partial charge on any atom is -0.362 e. The standard InChI is InChI=1S/C23H31N3O3/c1-22(12-5-2-6-13-22)21(28)25-16-23(17-25)14-7-15-26(23)19-9-4-3-8-18(19)10-11-20(27)24-29/h3-4,8-11,29H,2,5-7,12-17H2,1H3,(H,24,27)/b11-10+. The van der Waals surface area contributed by atoms with E-state index in [1.165, 1.54) is 12.5 Å².